The van der Waals surface area contributed by atoms with Crippen LogP contribution in [0.5, 0.6) is 0 Å². The normalized spacial score (nSPS) is 10.2. The number of aromatic nitrogens is 3. The molecule has 0 unspecified atom stereocenters. The Hall–Kier alpha value is -1.10. The van der Waals surface area contributed by atoms with Crippen molar-refractivity contribution in [3.8, 4) is 0 Å². The maximum absolute atomic E-state index is 5.86. The van der Waals surface area contributed by atoms with Crippen molar-refractivity contribution in [1.82, 2.24) is 15.0 Å². The molecule has 16 heavy (non-hydrogen) atoms. The number of hydrogen-bond donors (Lipinski definition) is 1. The average molecular weight is 244 g/mol. The minimum atomic E-state index is 0.232. The highest BCUT2D eigenvalue weighted by Crippen LogP contribution is 2.13. The molecule has 0 spiro atoms. The van der Waals surface area contributed by atoms with Gasteiger partial charge in [-0.15, -0.1) is 0 Å². The molecule has 0 amide bonds. The molecule has 0 saturated carbocycles. The highest BCUT2D eigenvalue weighted by Gasteiger charge is 2.09. The smallest absolute Gasteiger partial charge is 0.231 e. The van der Waals surface area contributed by atoms with E-state index in [0.717, 1.165) is 26.1 Å². The van der Waals surface area contributed by atoms with E-state index < -0.39 is 0 Å². The Labute approximate surface area is 101 Å². The Balaban J connectivity index is 2.88. The standard InChI is InChI=1S/C10H18ClN5/c1-4-7-12-9-13-8(11)14-10(15-9)16(5-2)6-3/h4-7H2,1-3H3,(H,12,13,14,15). The first-order valence-electron chi connectivity index (χ1n) is 5.61. The number of anilines is 2. The van der Waals surface area contributed by atoms with Crippen molar-refractivity contribution in [2.75, 3.05) is 29.9 Å². The van der Waals surface area contributed by atoms with E-state index in [0.29, 0.717) is 11.9 Å². The lowest BCUT2D eigenvalue weighted by molar-refractivity contribution is 0.810. The Kier molecular flexibility index (Phi) is 5.25. The van der Waals surface area contributed by atoms with Gasteiger partial charge in [-0.25, -0.2) is 0 Å². The highest BCUT2D eigenvalue weighted by atomic mass is 35.5. The molecule has 0 aliphatic heterocycles. The van der Waals surface area contributed by atoms with Gasteiger partial charge in [0, 0.05) is 19.6 Å². The molecule has 0 radical (unpaired) electrons. The molecule has 0 fully saturated rings. The summed E-state index contributed by atoms with van der Waals surface area (Å²) >= 11 is 5.86. The lowest BCUT2D eigenvalue weighted by Gasteiger charge is -2.18. The zero-order chi connectivity index (χ0) is 12.0. The first-order chi connectivity index (χ1) is 7.71. The van der Waals surface area contributed by atoms with Crippen molar-refractivity contribution >= 4 is 23.5 Å². The Morgan fingerprint density at radius 1 is 1.12 bits per heavy atom. The minimum absolute atomic E-state index is 0.232. The molecule has 1 rings (SSSR count). The molecule has 90 valence electrons. The van der Waals surface area contributed by atoms with Crippen LogP contribution in [0, 0.1) is 0 Å². The molecular formula is C10H18ClN5. The zero-order valence-electron chi connectivity index (χ0n) is 10.00. The molecule has 1 aromatic rings. The number of nitrogens with one attached hydrogen (secondary N) is 1. The third-order valence-corrected chi connectivity index (χ3v) is 2.34. The molecular weight excluding hydrogens is 226 g/mol. The molecule has 1 aromatic heterocycles. The summed E-state index contributed by atoms with van der Waals surface area (Å²) in [6.07, 6.45) is 1.02. The largest absolute Gasteiger partial charge is 0.354 e. The summed E-state index contributed by atoms with van der Waals surface area (Å²) in [5.41, 5.74) is 0. The van der Waals surface area contributed by atoms with Crippen molar-refractivity contribution in [3.05, 3.63) is 5.28 Å². The van der Waals surface area contributed by atoms with Crippen LogP contribution in [-0.4, -0.2) is 34.6 Å². The molecule has 0 saturated heterocycles. The van der Waals surface area contributed by atoms with Gasteiger partial charge in [0.25, 0.3) is 0 Å². The molecule has 6 heteroatoms. The fraction of sp³-hybridized carbons (Fsp3) is 0.700. The molecule has 1 heterocycles. The molecule has 0 atom stereocenters. The van der Waals surface area contributed by atoms with Crippen LogP contribution in [0.2, 0.25) is 5.28 Å². The van der Waals surface area contributed by atoms with Crippen LogP contribution in [0.15, 0.2) is 0 Å². The van der Waals surface area contributed by atoms with E-state index in [1.54, 1.807) is 0 Å². The molecule has 0 aliphatic carbocycles. The summed E-state index contributed by atoms with van der Waals surface area (Å²) in [6, 6.07) is 0. The summed E-state index contributed by atoms with van der Waals surface area (Å²) in [5.74, 6) is 1.17. The molecule has 1 N–H and O–H groups in total. The Morgan fingerprint density at radius 3 is 2.38 bits per heavy atom. The first-order valence-corrected chi connectivity index (χ1v) is 5.99. The van der Waals surface area contributed by atoms with Crippen LogP contribution in [0.3, 0.4) is 0 Å². The third kappa shape index (κ3) is 3.48. The third-order valence-electron chi connectivity index (χ3n) is 2.18. The summed E-state index contributed by atoms with van der Waals surface area (Å²) in [6.45, 7) is 8.73. The number of halogens is 1. The zero-order valence-corrected chi connectivity index (χ0v) is 10.8. The fourth-order valence-electron chi connectivity index (χ4n) is 1.30. The van der Waals surface area contributed by atoms with Gasteiger partial charge in [-0.3, -0.25) is 0 Å². The van der Waals surface area contributed by atoms with Gasteiger partial charge in [-0.1, -0.05) is 6.92 Å². The molecule has 0 bridgehead atoms. The topological polar surface area (TPSA) is 53.9 Å². The van der Waals surface area contributed by atoms with E-state index in [2.05, 4.69) is 41.0 Å². The first kappa shape index (κ1) is 13.0. The van der Waals surface area contributed by atoms with Crippen molar-refractivity contribution in [1.29, 1.82) is 0 Å². The number of hydrogen-bond acceptors (Lipinski definition) is 5. The second kappa shape index (κ2) is 6.48. The van der Waals surface area contributed by atoms with Crippen LogP contribution in [0.25, 0.3) is 0 Å². The Bertz CT molecular complexity index is 327. The number of nitrogens with zero attached hydrogens (tertiary/aromatic N) is 4. The van der Waals surface area contributed by atoms with Gasteiger partial charge in [-0.05, 0) is 31.9 Å². The van der Waals surface area contributed by atoms with E-state index in [4.69, 9.17) is 11.6 Å². The van der Waals surface area contributed by atoms with Crippen molar-refractivity contribution in [2.24, 2.45) is 0 Å². The lowest BCUT2D eigenvalue weighted by atomic mass is 10.5. The lowest BCUT2D eigenvalue weighted by Crippen LogP contribution is -2.25. The SMILES string of the molecule is CCCNc1nc(Cl)nc(N(CC)CC)n1. The van der Waals surface area contributed by atoms with Gasteiger partial charge in [0.1, 0.15) is 0 Å². The number of rotatable bonds is 6. The summed E-state index contributed by atoms with van der Waals surface area (Å²) in [7, 11) is 0. The summed E-state index contributed by atoms with van der Waals surface area (Å²) < 4.78 is 0. The van der Waals surface area contributed by atoms with Crippen LogP contribution in [-0.2, 0) is 0 Å². The molecule has 0 aliphatic rings. The monoisotopic (exact) mass is 243 g/mol. The van der Waals surface area contributed by atoms with Gasteiger partial charge in [0.05, 0.1) is 0 Å². The van der Waals surface area contributed by atoms with Gasteiger partial charge < -0.3 is 10.2 Å². The van der Waals surface area contributed by atoms with E-state index in [1.807, 2.05) is 4.90 Å². The summed E-state index contributed by atoms with van der Waals surface area (Å²) in [4.78, 5) is 14.5. The van der Waals surface area contributed by atoms with Crippen LogP contribution in [0.4, 0.5) is 11.9 Å². The van der Waals surface area contributed by atoms with Gasteiger partial charge >= 0.3 is 0 Å². The van der Waals surface area contributed by atoms with Crippen molar-refractivity contribution in [2.45, 2.75) is 27.2 Å². The van der Waals surface area contributed by atoms with Crippen LogP contribution in [0.1, 0.15) is 27.2 Å². The van der Waals surface area contributed by atoms with E-state index >= 15 is 0 Å². The van der Waals surface area contributed by atoms with Gasteiger partial charge in [0.2, 0.25) is 17.2 Å². The second-order valence-electron chi connectivity index (χ2n) is 3.33. The fourth-order valence-corrected chi connectivity index (χ4v) is 1.46. The maximum atomic E-state index is 5.86. The van der Waals surface area contributed by atoms with Crippen molar-refractivity contribution in [3.63, 3.8) is 0 Å². The van der Waals surface area contributed by atoms with E-state index in [1.165, 1.54) is 0 Å². The highest BCUT2D eigenvalue weighted by molar-refractivity contribution is 6.28. The minimum Gasteiger partial charge on any atom is -0.354 e. The average Bonchev–Trinajstić information content (AvgIpc) is 2.27. The van der Waals surface area contributed by atoms with Crippen molar-refractivity contribution < 1.29 is 0 Å². The maximum Gasteiger partial charge on any atom is 0.231 e. The quantitative estimate of drug-likeness (QED) is 0.830. The van der Waals surface area contributed by atoms with Crippen LogP contribution < -0.4 is 10.2 Å². The second-order valence-corrected chi connectivity index (χ2v) is 3.67. The van der Waals surface area contributed by atoms with Gasteiger partial charge in [-0.2, -0.15) is 15.0 Å². The predicted molar refractivity (Wildman–Crippen MR) is 67.2 cm³/mol. The summed E-state index contributed by atoms with van der Waals surface area (Å²) in [5, 5.41) is 3.34. The van der Waals surface area contributed by atoms with E-state index in [-0.39, 0.29) is 5.28 Å². The van der Waals surface area contributed by atoms with Crippen LogP contribution >= 0.6 is 11.6 Å². The van der Waals surface area contributed by atoms with Gasteiger partial charge in [0.15, 0.2) is 0 Å². The molecule has 0 aromatic carbocycles. The molecule has 5 nitrogen and oxygen atoms in total. The predicted octanol–water partition coefficient (Wildman–Crippen LogP) is 2.19. The van der Waals surface area contributed by atoms with E-state index in [9.17, 15) is 0 Å². The Morgan fingerprint density at radius 2 is 1.81 bits per heavy atom.